The molecule has 0 spiro atoms. The van der Waals surface area contributed by atoms with Crippen molar-refractivity contribution in [3.05, 3.63) is 23.8 Å². The molecule has 6 heteroatoms. The lowest BCUT2D eigenvalue weighted by Gasteiger charge is -2.33. The van der Waals surface area contributed by atoms with Crippen LogP contribution in [-0.2, 0) is 6.42 Å². The number of alkyl halides is 3. The monoisotopic (exact) mass is 260 g/mol. The van der Waals surface area contributed by atoms with E-state index in [2.05, 4.69) is 0 Å². The van der Waals surface area contributed by atoms with Gasteiger partial charge in [-0.2, -0.15) is 13.2 Å². The molecule has 0 saturated heterocycles. The third kappa shape index (κ3) is 2.53. The van der Waals surface area contributed by atoms with Crippen LogP contribution in [0.5, 0.6) is 0 Å². The maximum absolute atomic E-state index is 12.4. The van der Waals surface area contributed by atoms with Gasteiger partial charge in [-0.25, -0.2) is 0 Å². The van der Waals surface area contributed by atoms with Crippen molar-refractivity contribution in [1.29, 1.82) is 0 Å². The van der Waals surface area contributed by atoms with Crippen LogP contribution in [0.4, 0.5) is 24.5 Å². The minimum atomic E-state index is -4.59. The van der Waals surface area contributed by atoms with Crippen molar-refractivity contribution < 1.29 is 18.3 Å². The van der Waals surface area contributed by atoms with Crippen molar-refractivity contribution in [2.24, 2.45) is 0 Å². The Hall–Kier alpha value is -1.43. The fourth-order valence-corrected chi connectivity index (χ4v) is 2.23. The van der Waals surface area contributed by atoms with Gasteiger partial charge in [-0.3, -0.25) is 0 Å². The van der Waals surface area contributed by atoms with Crippen molar-refractivity contribution in [2.45, 2.75) is 25.1 Å². The molecule has 1 aliphatic heterocycles. The van der Waals surface area contributed by atoms with Crippen LogP contribution >= 0.6 is 0 Å². The van der Waals surface area contributed by atoms with E-state index in [9.17, 15) is 13.2 Å². The molecule has 0 radical (unpaired) electrons. The largest absolute Gasteiger partial charge is 0.416 e. The number of nitrogen functional groups attached to an aromatic ring is 1. The summed E-state index contributed by atoms with van der Waals surface area (Å²) in [5.41, 5.74) is 7.98. The van der Waals surface area contributed by atoms with Gasteiger partial charge in [0.25, 0.3) is 0 Å². The number of hydrogen-bond acceptors (Lipinski definition) is 3. The van der Waals surface area contributed by atoms with Crippen molar-refractivity contribution in [2.75, 3.05) is 23.7 Å². The fraction of sp³-hybridized carbons (Fsp3) is 0.500. The van der Waals surface area contributed by atoms with Crippen molar-refractivity contribution in [1.82, 2.24) is 0 Å². The highest BCUT2D eigenvalue weighted by atomic mass is 19.4. The molecule has 3 nitrogen and oxygen atoms in total. The van der Waals surface area contributed by atoms with Crippen LogP contribution in [0.3, 0.4) is 0 Å². The zero-order chi connectivity index (χ0) is 13.3. The number of anilines is 2. The summed E-state index contributed by atoms with van der Waals surface area (Å²) in [5, 5.41) is 9.13. The number of aliphatic hydroxyl groups excluding tert-OH is 1. The van der Waals surface area contributed by atoms with Crippen molar-refractivity contribution in [3.63, 3.8) is 0 Å². The van der Waals surface area contributed by atoms with Crippen LogP contribution in [0.1, 0.15) is 12.0 Å². The number of benzene rings is 1. The molecule has 1 unspecified atom stereocenters. The zero-order valence-electron chi connectivity index (χ0n) is 9.74. The second-order valence-electron chi connectivity index (χ2n) is 4.45. The molecule has 0 saturated carbocycles. The number of rotatable bonds is 2. The predicted molar refractivity (Wildman–Crippen MR) is 63.5 cm³/mol. The molecular weight excluding hydrogens is 245 g/mol. The Morgan fingerprint density at radius 2 is 2.11 bits per heavy atom. The highest BCUT2D eigenvalue weighted by Crippen LogP contribution is 2.32. The summed E-state index contributed by atoms with van der Waals surface area (Å²) in [6.07, 6.45) is -5.41. The lowest BCUT2D eigenvalue weighted by atomic mass is 9.99. The van der Waals surface area contributed by atoms with Gasteiger partial charge >= 0.3 is 6.18 Å². The average molecular weight is 260 g/mol. The first kappa shape index (κ1) is 13.0. The molecule has 0 amide bonds. The third-order valence-electron chi connectivity index (χ3n) is 3.15. The molecule has 0 bridgehead atoms. The quantitative estimate of drug-likeness (QED) is 0.799. The van der Waals surface area contributed by atoms with E-state index in [1.807, 2.05) is 0 Å². The van der Waals surface area contributed by atoms with Gasteiger partial charge in [0, 0.05) is 17.9 Å². The van der Waals surface area contributed by atoms with Crippen LogP contribution < -0.4 is 10.6 Å². The number of nitrogens with two attached hydrogens (primary N) is 1. The van der Waals surface area contributed by atoms with E-state index in [1.54, 1.807) is 23.1 Å². The molecule has 0 fully saturated rings. The fourth-order valence-electron chi connectivity index (χ4n) is 2.23. The number of β-amino-alcohol motifs (C(OH)–C–C–N with tert-alkyl or cyclic N) is 1. The molecular formula is C12H15F3N2O. The van der Waals surface area contributed by atoms with Gasteiger partial charge in [0.1, 0.15) is 0 Å². The van der Waals surface area contributed by atoms with Crippen LogP contribution in [-0.4, -0.2) is 30.5 Å². The summed E-state index contributed by atoms with van der Waals surface area (Å²) >= 11 is 0. The van der Waals surface area contributed by atoms with E-state index in [0.717, 1.165) is 18.4 Å². The van der Waals surface area contributed by atoms with Gasteiger partial charge in [0.15, 0.2) is 6.10 Å². The van der Waals surface area contributed by atoms with E-state index < -0.39 is 18.8 Å². The summed E-state index contributed by atoms with van der Waals surface area (Å²) in [5.74, 6) is 0. The molecule has 1 aromatic carbocycles. The van der Waals surface area contributed by atoms with Gasteiger partial charge < -0.3 is 15.7 Å². The highest BCUT2D eigenvalue weighted by Gasteiger charge is 2.39. The van der Waals surface area contributed by atoms with Crippen LogP contribution in [0.2, 0.25) is 0 Å². The Kier molecular flexibility index (Phi) is 3.38. The zero-order valence-corrected chi connectivity index (χ0v) is 9.74. The maximum atomic E-state index is 12.4. The Morgan fingerprint density at radius 3 is 2.78 bits per heavy atom. The maximum Gasteiger partial charge on any atom is 0.416 e. The normalized spacial score (nSPS) is 17.4. The topological polar surface area (TPSA) is 49.5 Å². The predicted octanol–water partition coefficient (Wildman–Crippen LogP) is 1.94. The summed E-state index contributed by atoms with van der Waals surface area (Å²) < 4.78 is 37.1. The molecule has 2 rings (SSSR count). The van der Waals surface area contributed by atoms with Gasteiger partial charge in [-0.05, 0) is 30.5 Å². The molecule has 1 heterocycles. The standard InChI is InChI=1S/C12H15F3N2O/c13-12(14,15)11(18)7-17-6-2-3-8-9(16)4-1-5-10(8)17/h1,4-5,11,18H,2-3,6-7,16H2. The number of hydrogen-bond donors (Lipinski definition) is 2. The molecule has 1 atom stereocenters. The first-order valence-corrected chi connectivity index (χ1v) is 5.76. The minimum Gasteiger partial charge on any atom is -0.398 e. The number of aliphatic hydroxyl groups is 1. The lowest BCUT2D eigenvalue weighted by molar-refractivity contribution is -0.200. The van der Waals surface area contributed by atoms with E-state index in [0.29, 0.717) is 17.9 Å². The molecule has 0 aliphatic carbocycles. The first-order valence-electron chi connectivity index (χ1n) is 5.76. The number of nitrogens with zero attached hydrogens (tertiary/aromatic N) is 1. The molecule has 3 N–H and O–H groups in total. The molecule has 0 aromatic heterocycles. The second-order valence-corrected chi connectivity index (χ2v) is 4.45. The van der Waals surface area contributed by atoms with Gasteiger partial charge in [0.05, 0.1) is 6.54 Å². The smallest absolute Gasteiger partial charge is 0.398 e. The Balaban J connectivity index is 2.21. The lowest BCUT2D eigenvalue weighted by Crippen LogP contribution is -2.43. The first-order chi connectivity index (χ1) is 8.39. The highest BCUT2D eigenvalue weighted by molar-refractivity contribution is 5.66. The van der Waals surface area contributed by atoms with E-state index in [1.165, 1.54) is 0 Å². The minimum absolute atomic E-state index is 0.444. The Morgan fingerprint density at radius 1 is 1.39 bits per heavy atom. The average Bonchev–Trinajstić information content (AvgIpc) is 2.29. The Labute approximate surface area is 103 Å². The molecule has 1 aliphatic rings. The molecule has 1 aromatic rings. The number of halogens is 3. The Bertz CT molecular complexity index is 434. The van der Waals surface area contributed by atoms with Crippen molar-refractivity contribution >= 4 is 11.4 Å². The van der Waals surface area contributed by atoms with Gasteiger partial charge in [-0.15, -0.1) is 0 Å². The van der Waals surface area contributed by atoms with Gasteiger partial charge in [0.2, 0.25) is 0 Å². The molecule has 18 heavy (non-hydrogen) atoms. The molecule has 100 valence electrons. The van der Waals surface area contributed by atoms with Crippen LogP contribution in [0.25, 0.3) is 0 Å². The van der Waals surface area contributed by atoms with Crippen LogP contribution in [0, 0.1) is 0 Å². The second kappa shape index (κ2) is 4.68. The van der Waals surface area contributed by atoms with Crippen LogP contribution in [0.15, 0.2) is 18.2 Å². The number of fused-ring (bicyclic) bond motifs is 1. The summed E-state index contributed by atoms with van der Waals surface area (Å²) in [4.78, 5) is 1.55. The SMILES string of the molecule is Nc1cccc2c1CCCN2CC(O)C(F)(F)F. The summed E-state index contributed by atoms with van der Waals surface area (Å²) in [6, 6.07) is 5.20. The summed E-state index contributed by atoms with van der Waals surface area (Å²) in [6.45, 7) is 0.0591. The van der Waals surface area contributed by atoms with E-state index >= 15 is 0 Å². The van der Waals surface area contributed by atoms with Crippen molar-refractivity contribution in [3.8, 4) is 0 Å². The third-order valence-corrected chi connectivity index (χ3v) is 3.15. The van der Waals surface area contributed by atoms with Gasteiger partial charge in [-0.1, -0.05) is 6.07 Å². The van der Waals surface area contributed by atoms with E-state index in [4.69, 9.17) is 10.8 Å². The van der Waals surface area contributed by atoms with E-state index in [-0.39, 0.29) is 0 Å². The summed E-state index contributed by atoms with van der Waals surface area (Å²) in [7, 11) is 0.